The zero-order valence-electron chi connectivity index (χ0n) is 16.7. The molecule has 2 aromatic rings. The average Bonchev–Trinajstić information content (AvgIpc) is 2.82. The Kier molecular flexibility index (Phi) is 5.73. The number of hydrogen-bond donors (Lipinski definition) is 1. The molecule has 0 aliphatic carbocycles. The van der Waals surface area contributed by atoms with Crippen molar-refractivity contribution >= 4 is 17.2 Å². The van der Waals surface area contributed by atoms with Gasteiger partial charge < -0.3 is 10.1 Å². The fraction of sp³-hybridized carbons (Fsp3) is 0.348. The smallest absolute Gasteiger partial charge is 0.416 e. The Balaban J connectivity index is 1.82. The van der Waals surface area contributed by atoms with Crippen LogP contribution in [0.15, 0.2) is 48.5 Å². The third-order valence-electron chi connectivity index (χ3n) is 4.83. The van der Waals surface area contributed by atoms with Gasteiger partial charge in [0.05, 0.1) is 12.2 Å². The summed E-state index contributed by atoms with van der Waals surface area (Å²) < 4.78 is 44.4. The number of rotatable bonds is 2. The maximum Gasteiger partial charge on any atom is 0.416 e. The van der Waals surface area contributed by atoms with E-state index in [1.165, 1.54) is 12.1 Å². The number of halogens is 3. The van der Waals surface area contributed by atoms with E-state index in [1.807, 2.05) is 24.3 Å². The molecule has 1 heterocycles. The van der Waals surface area contributed by atoms with Crippen molar-refractivity contribution in [1.29, 1.82) is 0 Å². The van der Waals surface area contributed by atoms with Gasteiger partial charge in [-0.1, -0.05) is 39.0 Å². The number of anilines is 1. The highest BCUT2D eigenvalue weighted by molar-refractivity contribution is 6.04. The largest absolute Gasteiger partial charge is 0.493 e. The van der Waals surface area contributed by atoms with Crippen LogP contribution in [-0.2, 0) is 16.4 Å². The number of fused-ring (bicyclic) bond motifs is 1. The normalized spacial score (nSPS) is 16.0. The highest BCUT2D eigenvalue weighted by Crippen LogP contribution is 2.38. The van der Waals surface area contributed by atoms with Crippen LogP contribution in [0.4, 0.5) is 18.9 Å². The predicted molar refractivity (Wildman–Crippen MR) is 108 cm³/mol. The summed E-state index contributed by atoms with van der Waals surface area (Å²) in [7, 11) is 0. The summed E-state index contributed by atoms with van der Waals surface area (Å²) in [5, 5.41) is 2.82. The minimum absolute atomic E-state index is 0.0177. The Morgan fingerprint density at radius 2 is 1.69 bits per heavy atom. The molecule has 0 saturated carbocycles. The molecule has 0 spiro atoms. The number of carbonyl (C=O) groups excluding carboxylic acids is 1. The number of amides is 1. The van der Waals surface area contributed by atoms with Gasteiger partial charge in [0, 0.05) is 17.3 Å². The minimum atomic E-state index is -4.44. The van der Waals surface area contributed by atoms with Gasteiger partial charge >= 0.3 is 6.18 Å². The molecule has 0 fully saturated rings. The van der Waals surface area contributed by atoms with Crippen LogP contribution in [-0.4, -0.2) is 12.5 Å². The zero-order valence-corrected chi connectivity index (χ0v) is 16.7. The van der Waals surface area contributed by atoms with Gasteiger partial charge in [0.25, 0.3) is 0 Å². The van der Waals surface area contributed by atoms with E-state index in [0.717, 1.165) is 17.7 Å². The van der Waals surface area contributed by atoms with Gasteiger partial charge in [-0.3, -0.25) is 4.79 Å². The molecular weight excluding hydrogens is 379 g/mol. The Bertz CT molecular complexity index is 923. The molecule has 0 bridgehead atoms. The number of allylic oxidation sites excluding steroid dienone is 1. The van der Waals surface area contributed by atoms with E-state index in [-0.39, 0.29) is 17.1 Å². The standard InChI is InChI=1S/C23H24F3NO2/c1-22(2,3)16-6-9-18(10-7-16)27-21(28)13-15-5-4-12-29-20-14-17(23(24,25)26)8-11-19(15)20/h6-11,13-14H,4-5,12H2,1-3H3,(H,27,28). The Labute approximate surface area is 168 Å². The van der Waals surface area contributed by atoms with Crippen LogP contribution in [0.1, 0.15) is 50.3 Å². The first-order chi connectivity index (χ1) is 13.5. The van der Waals surface area contributed by atoms with Crippen molar-refractivity contribution in [3.05, 3.63) is 65.2 Å². The summed E-state index contributed by atoms with van der Waals surface area (Å²) in [4.78, 5) is 12.5. The van der Waals surface area contributed by atoms with E-state index in [1.54, 1.807) is 0 Å². The van der Waals surface area contributed by atoms with Crippen LogP contribution in [0.5, 0.6) is 5.75 Å². The Morgan fingerprint density at radius 3 is 2.31 bits per heavy atom. The number of nitrogens with one attached hydrogen (secondary N) is 1. The lowest BCUT2D eigenvalue weighted by atomic mass is 9.87. The number of benzene rings is 2. The van der Waals surface area contributed by atoms with Crippen molar-refractivity contribution in [3.8, 4) is 5.75 Å². The van der Waals surface area contributed by atoms with Crippen LogP contribution >= 0.6 is 0 Å². The van der Waals surface area contributed by atoms with E-state index in [0.29, 0.717) is 36.3 Å². The monoisotopic (exact) mass is 403 g/mol. The van der Waals surface area contributed by atoms with E-state index in [9.17, 15) is 18.0 Å². The summed E-state index contributed by atoms with van der Waals surface area (Å²) in [6.07, 6.45) is -1.83. The molecule has 3 nitrogen and oxygen atoms in total. The Morgan fingerprint density at radius 1 is 1.03 bits per heavy atom. The van der Waals surface area contributed by atoms with Gasteiger partial charge in [0.15, 0.2) is 0 Å². The molecule has 2 aromatic carbocycles. The van der Waals surface area contributed by atoms with E-state index < -0.39 is 11.7 Å². The van der Waals surface area contributed by atoms with Gasteiger partial charge in [-0.05, 0) is 53.7 Å². The highest BCUT2D eigenvalue weighted by atomic mass is 19.4. The van der Waals surface area contributed by atoms with Crippen molar-refractivity contribution in [2.45, 2.75) is 45.2 Å². The van der Waals surface area contributed by atoms with Crippen molar-refractivity contribution in [3.63, 3.8) is 0 Å². The maximum absolute atomic E-state index is 13.0. The lowest BCUT2D eigenvalue weighted by molar-refractivity contribution is -0.137. The topological polar surface area (TPSA) is 38.3 Å². The second kappa shape index (κ2) is 7.93. The lowest BCUT2D eigenvalue weighted by Crippen LogP contribution is -2.12. The van der Waals surface area contributed by atoms with Crippen molar-refractivity contribution < 1.29 is 22.7 Å². The summed E-state index contributed by atoms with van der Waals surface area (Å²) >= 11 is 0. The number of hydrogen-bond acceptors (Lipinski definition) is 2. The van der Waals surface area contributed by atoms with Crippen LogP contribution in [0.25, 0.3) is 5.57 Å². The molecule has 1 aliphatic rings. The SMILES string of the molecule is CC(C)(C)c1ccc(NC(=O)C=C2CCCOc3cc(C(F)(F)F)ccc32)cc1. The van der Waals surface area contributed by atoms with Crippen LogP contribution < -0.4 is 10.1 Å². The van der Waals surface area contributed by atoms with Gasteiger partial charge in [-0.2, -0.15) is 13.2 Å². The van der Waals surface area contributed by atoms with Crippen molar-refractivity contribution in [2.24, 2.45) is 0 Å². The quantitative estimate of drug-likeness (QED) is 0.607. The summed E-state index contributed by atoms with van der Waals surface area (Å²) in [6, 6.07) is 11.0. The summed E-state index contributed by atoms with van der Waals surface area (Å²) in [6.45, 7) is 6.64. The lowest BCUT2D eigenvalue weighted by Gasteiger charge is -2.19. The van der Waals surface area contributed by atoms with Gasteiger partial charge in [0.1, 0.15) is 5.75 Å². The number of carbonyl (C=O) groups is 1. The van der Waals surface area contributed by atoms with Crippen molar-refractivity contribution in [2.75, 3.05) is 11.9 Å². The highest BCUT2D eigenvalue weighted by Gasteiger charge is 2.32. The molecule has 3 rings (SSSR count). The molecule has 1 N–H and O–H groups in total. The molecule has 6 heteroatoms. The first-order valence-corrected chi connectivity index (χ1v) is 9.50. The zero-order chi connectivity index (χ0) is 21.2. The fourth-order valence-electron chi connectivity index (χ4n) is 3.20. The van der Waals surface area contributed by atoms with Gasteiger partial charge in [-0.15, -0.1) is 0 Å². The third-order valence-corrected chi connectivity index (χ3v) is 4.83. The van der Waals surface area contributed by atoms with Crippen LogP contribution in [0.3, 0.4) is 0 Å². The summed E-state index contributed by atoms with van der Waals surface area (Å²) in [5.41, 5.74) is 2.26. The number of alkyl halides is 3. The predicted octanol–water partition coefficient (Wildman–Crippen LogP) is 6.20. The molecular formula is C23H24F3NO2. The molecule has 0 radical (unpaired) electrons. The second-order valence-corrected chi connectivity index (χ2v) is 8.15. The Hall–Kier alpha value is -2.76. The molecule has 29 heavy (non-hydrogen) atoms. The second-order valence-electron chi connectivity index (χ2n) is 8.15. The first-order valence-electron chi connectivity index (χ1n) is 9.50. The summed E-state index contributed by atoms with van der Waals surface area (Å²) in [5.74, 6) is -0.165. The first kappa shape index (κ1) is 21.0. The van der Waals surface area contributed by atoms with Crippen LogP contribution in [0, 0.1) is 0 Å². The van der Waals surface area contributed by atoms with Crippen LogP contribution in [0.2, 0.25) is 0 Å². The fourth-order valence-corrected chi connectivity index (χ4v) is 3.20. The van der Waals surface area contributed by atoms with Gasteiger partial charge in [-0.25, -0.2) is 0 Å². The van der Waals surface area contributed by atoms with E-state index in [4.69, 9.17) is 4.74 Å². The van der Waals surface area contributed by atoms with Crippen molar-refractivity contribution in [1.82, 2.24) is 0 Å². The number of ether oxygens (including phenoxy) is 1. The maximum atomic E-state index is 13.0. The van der Waals surface area contributed by atoms with Gasteiger partial charge in [0.2, 0.25) is 5.91 Å². The van der Waals surface area contributed by atoms with E-state index in [2.05, 4.69) is 26.1 Å². The molecule has 0 aromatic heterocycles. The molecule has 154 valence electrons. The average molecular weight is 403 g/mol. The molecule has 0 unspecified atom stereocenters. The molecule has 1 aliphatic heterocycles. The van der Waals surface area contributed by atoms with E-state index >= 15 is 0 Å². The third kappa shape index (κ3) is 5.19. The molecule has 1 amide bonds. The minimum Gasteiger partial charge on any atom is -0.493 e. The molecule has 0 atom stereocenters. The molecule has 0 saturated heterocycles.